The Hall–Kier alpha value is -3.28. The molecule has 0 radical (unpaired) electrons. The Morgan fingerprint density at radius 3 is 1.47 bits per heavy atom. The second-order valence-electron chi connectivity index (χ2n) is 6.98. The predicted octanol–water partition coefficient (Wildman–Crippen LogP) is 6.62. The van der Waals surface area contributed by atoms with Crippen LogP contribution in [0.1, 0.15) is 39.5 Å². The number of hydrogen-bond donors (Lipinski definition) is 0. The number of benzene rings is 3. The summed E-state index contributed by atoms with van der Waals surface area (Å²) in [6.45, 7) is 4.75. The molecule has 0 heterocycles. The van der Waals surface area contributed by atoms with E-state index in [4.69, 9.17) is 18.9 Å². The van der Waals surface area contributed by atoms with Crippen LogP contribution in [0.25, 0.3) is 21.5 Å². The van der Waals surface area contributed by atoms with Crippen LogP contribution >= 0.6 is 0 Å². The van der Waals surface area contributed by atoms with Crippen LogP contribution in [-0.2, 0) is 9.47 Å². The van der Waals surface area contributed by atoms with Crippen LogP contribution in [0.2, 0.25) is 0 Å². The molecule has 3 aromatic carbocycles. The minimum absolute atomic E-state index is 0.351. The van der Waals surface area contributed by atoms with Gasteiger partial charge in [-0.1, -0.05) is 38.8 Å². The van der Waals surface area contributed by atoms with E-state index in [-0.39, 0.29) is 0 Å². The van der Waals surface area contributed by atoms with Crippen molar-refractivity contribution in [1.29, 1.82) is 0 Å². The number of carbonyl (C=O) groups excluding carboxylic acids is 2. The summed E-state index contributed by atoms with van der Waals surface area (Å²) in [5.41, 5.74) is 0. The normalized spacial score (nSPS) is 10.7. The third kappa shape index (κ3) is 5.86. The molecule has 0 N–H and O–H groups in total. The van der Waals surface area contributed by atoms with Crippen molar-refractivity contribution in [2.45, 2.75) is 39.5 Å². The summed E-state index contributed by atoms with van der Waals surface area (Å²) in [4.78, 5) is 23.5. The molecule has 0 fully saturated rings. The number of hydrogen-bond acceptors (Lipinski definition) is 6. The zero-order valence-corrected chi connectivity index (χ0v) is 17.3. The summed E-state index contributed by atoms with van der Waals surface area (Å²) >= 11 is 0. The predicted molar refractivity (Wildman–Crippen MR) is 115 cm³/mol. The number of fused-ring (bicyclic) bond motifs is 2. The molecule has 0 saturated heterocycles. The highest BCUT2D eigenvalue weighted by atomic mass is 16.7. The number of rotatable bonds is 8. The van der Waals surface area contributed by atoms with Crippen molar-refractivity contribution in [3.8, 4) is 11.5 Å². The van der Waals surface area contributed by atoms with E-state index in [1.807, 2.05) is 38.1 Å². The highest BCUT2D eigenvalue weighted by Crippen LogP contribution is 2.29. The van der Waals surface area contributed by atoms with Crippen molar-refractivity contribution in [1.82, 2.24) is 0 Å². The molecule has 0 spiro atoms. The van der Waals surface area contributed by atoms with Crippen LogP contribution in [0.3, 0.4) is 0 Å². The standard InChI is InChI=1S/C24H26O6/c1-3-5-11-27-23(25)29-21-9-7-17-14-20-16-22(30-24(26)28-12-6-4-2)10-8-18(20)13-19(17)15-21/h7-10,13-16H,3-6,11-12H2,1-2H3. The highest BCUT2D eigenvalue weighted by molar-refractivity contribution is 5.99. The summed E-state index contributed by atoms with van der Waals surface area (Å²) in [7, 11) is 0. The topological polar surface area (TPSA) is 71.1 Å². The van der Waals surface area contributed by atoms with Gasteiger partial charge in [-0.15, -0.1) is 0 Å². The first kappa shape index (κ1) is 21.4. The zero-order chi connectivity index (χ0) is 21.3. The fourth-order valence-corrected chi connectivity index (χ4v) is 2.93. The van der Waals surface area contributed by atoms with E-state index in [9.17, 15) is 9.59 Å². The fourth-order valence-electron chi connectivity index (χ4n) is 2.93. The Labute approximate surface area is 175 Å². The first-order chi connectivity index (χ1) is 14.6. The molecular formula is C24H26O6. The van der Waals surface area contributed by atoms with Gasteiger partial charge < -0.3 is 18.9 Å². The highest BCUT2D eigenvalue weighted by Gasteiger charge is 2.09. The van der Waals surface area contributed by atoms with Gasteiger partial charge in [-0.2, -0.15) is 0 Å². The average molecular weight is 410 g/mol. The SMILES string of the molecule is CCCCOC(=O)Oc1ccc2cc3cc(OC(=O)OCCCC)ccc3cc2c1. The molecule has 0 amide bonds. The van der Waals surface area contributed by atoms with Crippen molar-refractivity contribution in [3.63, 3.8) is 0 Å². The Bertz CT molecular complexity index is 943. The smallest absolute Gasteiger partial charge is 0.434 e. The van der Waals surface area contributed by atoms with Gasteiger partial charge in [-0.25, -0.2) is 9.59 Å². The average Bonchev–Trinajstić information content (AvgIpc) is 2.72. The first-order valence-electron chi connectivity index (χ1n) is 10.3. The van der Waals surface area contributed by atoms with E-state index in [0.29, 0.717) is 24.7 Å². The van der Waals surface area contributed by atoms with E-state index in [2.05, 4.69) is 0 Å². The minimum atomic E-state index is -0.698. The lowest BCUT2D eigenvalue weighted by atomic mass is 10.0. The monoisotopic (exact) mass is 410 g/mol. The fraction of sp³-hybridized carbons (Fsp3) is 0.333. The third-order valence-electron chi connectivity index (χ3n) is 4.58. The molecule has 0 atom stereocenters. The quantitative estimate of drug-likeness (QED) is 0.180. The number of ether oxygens (including phenoxy) is 4. The van der Waals surface area contributed by atoms with E-state index in [0.717, 1.165) is 47.2 Å². The number of carbonyl (C=O) groups is 2. The maximum absolute atomic E-state index is 11.7. The van der Waals surface area contributed by atoms with Gasteiger partial charge in [0.15, 0.2) is 0 Å². The van der Waals surface area contributed by atoms with Crippen molar-refractivity contribution < 1.29 is 28.5 Å². The van der Waals surface area contributed by atoms with Gasteiger partial charge in [0.25, 0.3) is 0 Å². The number of unbranched alkanes of at least 4 members (excludes halogenated alkanes) is 2. The summed E-state index contributed by atoms with van der Waals surface area (Å²) in [5.74, 6) is 0.858. The van der Waals surface area contributed by atoms with Gasteiger partial charge in [-0.05, 0) is 70.8 Å². The second-order valence-corrected chi connectivity index (χ2v) is 6.98. The molecule has 0 aliphatic rings. The molecule has 3 aromatic rings. The van der Waals surface area contributed by atoms with Crippen LogP contribution in [-0.4, -0.2) is 25.5 Å². The molecule has 0 aliphatic carbocycles. The summed E-state index contributed by atoms with van der Waals surface area (Å²) in [5, 5.41) is 3.79. The van der Waals surface area contributed by atoms with Gasteiger partial charge in [-0.3, -0.25) is 0 Å². The van der Waals surface area contributed by atoms with E-state index in [1.54, 1.807) is 24.3 Å². The van der Waals surface area contributed by atoms with E-state index >= 15 is 0 Å². The van der Waals surface area contributed by atoms with Crippen LogP contribution in [0.5, 0.6) is 11.5 Å². The van der Waals surface area contributed by atoms with Crippen molar-refractivity contribution >= 4 is 33.9 Å². The summed E-state index contributed by atoms with van der Waals surface area (Å²) < 4.78 is 20.6. The molecule has 158 valence electrons. The Kier molecular flexibility index (Phi) is 7.49. The van der Waals surface area contributed by atoms with Crippen molar-refractivity contribution in [2.24, 2.45) is 0 Å². The Morgan fingerprint density at radius 1 is 0.633 bits per heavy atom. The van der Waals surface area contributed by atoms with Gasteiger partial charge in [0, 0.05) is 0 Å². The van der Waals surface area contributed by atoms with Gasteiger partial charge in [0.05, 0.1) is 13.2 Å². The van der Waals surface area contributed by atoms with Gasteiger partial charge in [0.2, 0.25) is 0 Å². The van der Waals surface area contributed by atoms with E-state index in [1.165, 1.54) is 0 Å². The molecule has 6 nitrogen and oxygen atoms in total. The van der Waals surface area contributed by atoms with Crippen molar-refractivity contribution in [3.05, 3.63) is 48.5 Å². The first-order valence-corrected chi connectivity index (χ1v) is 10.3. The molecular weight excluding hydrogens is 384 g/mol. The van der Waals surface area contributed by atoms with Gasteiger partial charge >= 0.3 is 12.3 Å². The summed E-state index contributed by atoms with van der Waals surface area (Å²) in [6, 6.07) is 14.8. The molecule has 0 unspecified atom stereocenters. The van der Waals surface area contributed by atoms with Gasteiger partial charge in [0.1, 0.15) is 11.5 Å². The Morgan fingerprint density at radius 2 is 1.07 bits per heavy atom. The minimum Gasteiger partial charge on any atom is -0.434 e. The van der Waals surface area contributed by atoms with Crippen LogP contribution < -0.4 is 9.47 Å². The molecule has 3 rings (SSSR count). The summed E-state index contributed by atoms with van der Waals surface area (Å²) in [6.07, 6.45) is 2.11. The lowest BCUT2D eigenvalue weighted by molar-refractivity contribution is 0.0968. The maximum atomic E-state index is 11.7. The molecule has 30 heavy (non-hydrogen) atoms. The van der Waals surface area contributed by atoms with Crippen molar-refractivity contribution in [2.75, 3.05) is 13.2 Å². The molecule has 0 bridgehead atoms. The zero-order valence-electron chi connectivity index (χ0n) is 17.3. The second kappa shape index (κ2) is 10.5. The molecule has 0 aromatic heterocycles. The Balaban J connectivity index is 1.73. The van der Waals surface area contributed by atoms with Crippen LogP contribution in [0.15, 0.2) is 48.5 Å². The lowest BCUT2D eigenvalue weighted by Crippen LogP contribution is -2.11. The third-order valence-corrected chi connectivity index (χ3v) is 4.58. The largest absolute Gasteiger partial charge is 0.513 e. The van der Waals surface area contributed by atoms with E-state index < -0.39 is 12.3 Å². The van der Waals surface area contributed by atoms with Crippen LogP contribution in [0, 0.1) is 0 Å². The lowest BCUT2D eigenvalue weighted by Gasteiger charge is -2.09. The maximum Gasteiger partial charge on any atom is 0.513 e. The molecule has 6 heteroatoms. The molecule has 0 saturated carbocycles. The van der Waals surface area contributed by atoms with Crippen LogP contribution in [0.4, 0.5) is 9.59 Å². The molecule has 0 aliphatic heterocycles.